The van der Waals surface area contributed by atoms with Crippen molar-refractivity contribution in [2.75, 3.05) is 37.7 Å². The molecule has 0 spiro atoms. The summed E-state index contributed by atoms with van der Waals surface area (Å²) in [7, 11) is 0. The Morgan fingerprint density at radius 3 is 2.76 bits per heavy atom. The van der Waals surface area contributed by atoms with Crippen LogP contribution in [0.25, 0.3) is 0 Å². The normalized spacial score (nSPS) is 15.6. The van der Waals surface area contributed by atoms with Gasteiger partial charge in [0, 0.05) is 26.2 Å². The molecule has 1 aliphatic heterocycles. The van der Waals surface area contributed by atoms with Gasteiger partial charge in [0.05, 0.1) is 5.69 Å². The molecular formula is C12H16N2O3. The molecule has 1 saturated heterocycles. The average molecular weight is 236 g/mol. The van der Waals surface area contributed by atoms with Crippen LogP contribution in [-0.2, 0) is 4.79 Å². The lowest BCUT2D eigenvalue weighted by atomic mass is 10.2. The fourth-order valence-electron chi connectivity index (χ4n) is 1.89. The third-order valence-corrected chi connectivity index (χ3v) is 2.67. The topological polar surface area (TPSA) is 61.8 Å². The van der Waals surface area contributed by atoms with Gasteiger partial charge in [0.1, 0.15) is 5.75 Å². The van der Waals surface area contributed by atoms with E-state index in [0.717, 1.165) is 31.9 Å². The van der Waals surface area contributed by atoms with E-state index in [-0.39, 0.29) is 6.61 Å². The molecule has 5 nitrogen and oxygen atoms in total. The molecule has 1 aromatic rings. The molecule has 1 fully saturated rings. The zero-order valence-corrected chi connectivity index (χ0v) is 9.56. The van der Waals surface area contributed by atoms with Crippen molar-refractivity contribution in [1.82, 2.24) is 5.32 Å². The van der Waals surface area contributed by atoms with E-state index < -0.39 is 5.97 Å². The van der Waals surface area contributed by atoms with Crippen LogP contribution in [-0.4, -0.2) is 43.9 Å². The number of hydrogen-bond acceptors (Lipinski definition) is 4. The Kier molecular flexibility index (Phi) is 3.82. The predicted molar refractivity (Wildman–Crippen MR) is 64.7 cm³/mol. The summed E-state index contributed by atoms with van der Waals surface area (Å²) in [6.07, 6.45) is 0. The number of nitrogens with zero attached hydrogens (tertiary/aromatic N) is 1. The van der Waals surface area contributed by atoms with E-state index in [1.54, 1.807) is 6.07 Å². The van der Waals surface area contributed by atoms with Gasteiger partial charge in [-0.2, -0.15) is 0 Å². The fraction of sp³-hybridized carbons (Fsp3) is 0.417. The van der Waals surface area contributed by atoms with Gasteiger partial charge in [0.25, 0.3) is 0 Å². The lowest BCUT2D eigenvalue weighted by molar-refractivity contribution is -0.139. The molecular weight excluding hydrogens is 220 g/mol. The van der Waals surface area contributed by atoms with Gasteiger partial charge in [-0.3, -0.25) is 0 Å². The van der Waals surface area contributed by atoms with Crippen LogP contribution < -0.4 is 15.0 Å². The molecule has 0 radical (unpaired) electrons. The monoisotopic (exact) mass is 236 g/mol. The van der Waals surface area contributed by atoms with E-state index in [1.165, 1.54) is 0 Å². The summed E-state index contributed by atoms with van der Waals surface area (Å²) in [5.74, 6) is -0.322. The van der Waals surface area contributed by atoms with Crippen molar-refractivity contribution in [3.8, 4) is 5.75 Å². The molecule has 17 heavy (non-hydrogen) atoms. The summed E-state index contributed by atoms with van der Waals surface area (Å²) in [4.78, 5) is 12.7. The summed E-state index contributed by atoms with van der Waals surface area (Å²) in [5.41, 5.74) is 0.968. The second-order valence-corrected chi connectivity index (χ2v) is 3.89. The molecule has 0 amide bonds. The summed E-state index contributed by atoms with van der Waals surface area (Å²) >= 11 is 0. The number of carboxylic acids is 1. The van der Waals surface area contributed by atoms with Crippen LogP contribution >= 0.6 is 0 Å². The molecule has 0 aromatic heterocycles. The van der Waals surface area contributed by atoms with Crippen LogP contribution in [0.3, 0.4) is 0 Å². The molecule has 1 heterocycles. The number of carbonyl (C=O) groups is 1. The summed E-state index contributed by atoms with van der Waals surface area (Å²) in [6.45, 7) is 3.39. The van der Waals surface area contributed by atoms with E-state index in [0.29, 0.717) is 5.75 Å². The van der Waals surface area contributed by atoms with Gasteiger partial charge in [0.2, 0.25) is 0 Å². The number of anilines is 1. The zero-order chi connectivity index (χ0) is 12.1. The number of nitrogens with one attached hydrogen (secondary N) is 1. The molecule has 0 atom stereocenters. The SMILES string of the molecule is O=C(O)COc1ccccc1N1CCNCC1. The van der Waals surface area contributed by atoms with E-state index >= 15 is 0 Å². The molecule has 5 heteroatoms. The van der Waals surface area contributed by atoms with Crippen molar-refractivity contribution in [2.24, 2.45) is 0 Å². The Balaban J connectivity index is 2.11. The summed E-state index contributed by atoms with van der Waals surface area (Å²) in [6, 6.07) is 7.55. The standard InChI is InChI=1S/C12H16N2O3/c15-12(16)9-17-11-4-2-1-3-10(11)14-7-5-13-6-8-14/h1-4,13H,5-9H2,(H,15,16). The highest BCUT2D eigenvalue weighted by Crippen LogP contribution is 2.27. The highest BCUT2D eigenvalue weighted by atomic mass is 16.5. The molecule has 2 rings (SSSR count). The minimum Gasteiger partial charge on any atom is -0.480 e. The number of carboxylic acid groups (broad SMARTS) is 1. The smallest absolute Gasteiger partial charge is 0.341 e. The van der Waals surface area contributed by atoms with Crippen molar-refractivity contribution >= 4 is 11.7 Å². The van der Waals surface area contributed by atoms with Crippen LogP contribution in [0.2, 0.25) is 0 Å². The second kappa shape index (κ2) is 5.54. The number of ether oxygens (including phenoxy) is 1. The van der Waals surface area contributed by atoms with Crippen LogP contribution in [0.5, 0.6) is 5.75 Å². The maximum absolute atomic E-state index is 10.5. The Hall–Kier alpha value is -1.75. The number of aliphatic carboxylic acids is 1. The molecule has 0 bridgehead atoms. The van der Waals surface area contributed by atoms with Crippen molar-refractivity contribution in [2.45, 2.75) is 0 Å². The first kappa shape index (κ1) is 11.7. The molecule has 92 valence electrons. The Labute approximate surface area is 100.0 Å². The van der Waals surface area contributed by atoms with Crippen LogP contribution in [0.1, 0.15) is 0 Å². The first-order valence-electron chi connectivity index (χ1n) is 5.66. The lowest BCUT2D eigenvalue weighted by Crippen LogP contribution is -2.43. The van der Waals surface area contributed by atoms with Gasteiger partial charge in [-0.25, -0.2) is 4.79 Å². The van der Waals surface area contributed by atoms with Crippen LogP contribution in [0.4, 0.5) is 5.69 Å². The highest BCUT2D eigenvalue weighted by Gasteiger charge is 2.14. The van der Waals surface area contributed by atoms with E-state index in [2.05, 4.69) is 10.2 Å². The Morgan fingerprint density at radius 2 is 2.06 bits per heavy atom. The van der Waals surface area contributed by atoms with E-state index in [1.807, 2.05) is 18.2 Å². The minimum atomic E-state index is -0.958. The molecule has 1 aromatic carbocycles. The first-order valence-corrected chi connectivity index (χ1v) is 5.66. The minimum absolute atomic E-state index is 0.302. The Bertz CT molecular complexity index is 389. The predicted octanol–water partition coefficient (Wildman–Crippen LogP) is 0.560. The van der Waals surface area contributed by atoms with Crippen molar-refractivity contribution in [3.05, 3.63) is 24.3 Å². The molecule has 2 N–H and O–H groups in total. The number of benzene rings is 1. The highest BCUT2D eigenvalue weighted by molar-refractivity contribution is 5.69. The first-order chi connectivity index (χ1) is 8.27. The maximum Gasteiger partial charge on any atom is 0.341 e. The van der Waals surface area contributed by atoms with Crippen molar-refractivity contribution in [3.63, 3.8) is 0 Å². The van der Waals surface area contributed by atoms with E-state index in [4.69, 9.17) is 9.84 Å². The van der Waals surface area contributed by atoms with Crippen LogP contribution in [0.15, 0.2) is 24.3 Å². The number of hydrogen-bond donors (Lipinski definition) is 2. The summed E-state index contributed by atoms with van der Waals surface area (Å²) in [5, 5.41) is 11.9. The zero-order valence-electron chi connectivity index (χ0n) is 9.56. The van der Waals surface area contributed by atoms with E-state index in [9.17, 15) is 4.79 Å². The molecule has 0 aliphatic carbocycles. The van der Waals surface area contributed by atoms with Crippen molar-refractivity contribution < 1.29 is 14.6 Å². The molecule has 1 aliphatic rings. The summed E-state index contributed by atoms with van der Waals surface area (Å²) < 4.78 is 5.29. The van der Waals surface area contributed by atoms with Gasteiger partial charge in [-0.1, -0.05) is 12.1 Å². The van der Waals surface area contributed by atoms with Gasteiger partial charge < -0.3 is 20.1 Å². The number of piperazine rings is 1. The maximum atomic E-state index is 10.5. The third kappa shape index (κ3) is 3.10. The number of para-hydroxylation sites is 2. The second-order valence-electron chi connectivity index (χ2n) is 3.89. The number of rotatable bonds is 4. The van der Waals surface area contributed by atoms with Gasteiger partial charge in [0.15, 0.2) is 6.61 Å². The van der Waals surface area contributed by atoms with Crippen molar-refractivity contribution in [1.29, 1.82) is 0 Å². The quantitative estimate of drug-likeness (QED) is 0.800. The van der Waals surface area contributed by atoms with Crippen LogP contribution in [0, 0.1) is 0 Å². The molecule has 0 saturated carbocycles. The fourth-order valence-corrected chi connectivity index (χ4v) is 1.89. The van der Waals surface area contributed by atoms with Gasteiger partial charge >= 0.3 is 5.97 Å². The van der Waals surface area contributed by atoms with Gasteiger partial charge in [-0.15, -0.1) is 0 Å². The Morgan fingerprint density at radius 1 is 1.35 bits per heavy atom. The third-order valence-electron chi connectivity index (χ3n) is 2.67. The largest absolute Gasteiger partial charge is 0.480 e. The van der Waals surface area contributed by atoms with Gasteiger partial charge in [-0.05, 0) is 12.1 Å². The molecule has 0 unspecified atom stereocenters. The lowest BCUT2D eigenvalue weighted by Gasteiger charge is -2.30. The average Bonchev–Trinajstić information content (AvgIpc) is 2.38.